The third-order valence-electron chi connectivity index (χ3n) is 2.41. The molecule has 0 aliphatic carbocycles. The summed E-state index contributed by atoms with van der Waals surface area (Å²) in [6.45, 7) is 1.50. The smallest absolute Gasteiger partial charge is 0.743 e. The van der Waals surface area contributed by atoms with Crippen molar-refractivity contribution in [1.82, 2.24) is 0 Å². The van der Waals surface area contributed by atoms with Crippen molar-refractivity contribution in [3.63, 3.8) is 0 Å². The number of benzene rings is 1. The number of nitrogens with zero attached hydrogens (tertiary/aromatic N) is 2. The minimum Gasteiger partial charge on any atom is -0.743 e. The average Bonchev–Trinajstić information content (AvgIpc) is 2.57. The summed E-state index contributed by atoms with van der Waals surface area (Å²) < 4.78 is 32.5. The third-order valence-corrected chi connectivity index (χ3v) is 3.17. The van der Waals surface area contributed by atoms with Gasteiger partial charge in [-0.25, -0.2) is 8.42 Å². The van der Waals surface area contributed by atoms with E-state index in [1.807, 2.05) is 0 Å². The number of hydrogen-bond acceptors (Lipinski definition) is 6. The van der Waals surface area contributed by atoms with Gasteiger partial charge in [0.15, 0.2) is 0 Å². The van der Waals surface area contributed by atoms with Crippen LogP contribution in [0.25, 0.3) is 0 Å². The van der Waals surface area contributed by atoms with E-state index in [4.69, 9.17) is 0 Å². The first kappa shape index (κ1) is 15.3. The largest absolute Gasteiger partial charge is 1.00 e. The fourth-order valence-corrected chi connectivity index (χ4v) is 2.16. The van der Waals surface area contributed by atoms with E-state index in [-0.39, 0.29) is 29.6 Å². The number of Topliss-reactive ketones (excluding diaryl/α,β-unsaturated/α-hetero) is 1. The standard InChI is InChI=1S/C10H10N2O4S.Na/c1-7-9(13)10(17(14,15)16)11-12(7)8-5-3-2-4-6-8;/h2-7H,1H3,(H,14,15,16);/q;+1/p-1. The van der Waals surface area contributed by atoms with Crippen molar-refractivity contribution in [3.8, 4) is 0 Å². The molecule has 0 radical (unpaired) electrons. The van der Waals surface area contributed by atoms with Crippen molar-refractivity contribution < 1.29 is 47.3 Å². The number of carbonyl (C=O) groups is 1. The molecule has 0 fully saturated rings. The van der Waals surface area contributed by atoms with Gasteiger partial charge in [-0.3, -0.25) is 9.80 Å². The molecule has 1 unspecified atom stereocenters. The molecule has 0 saturated carbocycles. The van der Waals surface area contributed by atoms with Gasteiger partial charge in [0.05, 0.1) is 5.69 Å². The monoisotopic (exact) mass is 276 g/mol. The van der Waals surface area contributed by atoms with Crippen LogP contribution in [0.4, 0.5) is 5.69 Å². The van der Waals surface area contributed by atoms with E-state index in [1.54, 1.807) is 30.3 Å². The van der Waals surface area contributed by atoms with Gasteiger partial charge in [0.1, 0.15) is 16.2 Å². The van der Waals surface area contributed by atoms with E-state index in [2.05, 4.69) is 5.10 Å². The second kappa shape index (κ2) is 5.50. The van der Waals surface area contributed by atoms with Gasteiger partial charge in [0.25, 0.3) is 0 Å². The molecule has 0 saturated heterocycles. The Morgan fingerprint density at radius 2 is 1.83 bits per heavy atom. The minimum absolute atomic E-state index is 0. The maximum absolute atomic E-state index is 11.6. The summed E-state index contributed by atoms with van der Waals surface area (Å²) in [6, 6.07) is 7.80. The minimum atomic E-state index is -4.82. The van der Waals surface area contributed by atoms with Crippen LogP contribution >= 0.6 is 0 Å². The quantitative estimate of drug-likeness (QED) is 0.412. The van der Waals surface area contributed by atoms with Crippen molar-refractivity contribution in [2.75, 3.05) is 5.01 Å². The fourth-order valence-electron chi connectivity index (χ4n) is 1.56. The van der Waals surface area contributed by atoms with Crippen LogP contribution in [0, 0.1) is 0 Å². The summed E-state index contributed by atoms with van der Waals surface area (Å²) >= 11 is 0. The van der Waals surface area contributed by atoms with Crippen molar-refractivity contribution in [1.29, 1.82) is 0 Å². The van der Waals surface area contributed by atoms with E-state index < -0.39 is 27.0 Å². The Balaban J connectivity index is 0.00000162. The predicted octanol–water partition coefficient (Wildman–Crippen LogP) is -2.67. The van der Waals surface area contributed by atoms with Crippen LogP contribution in [0.1, 0.15) is 6.92 Å². The topological polar surface area (TPSA) is 89.9 Å². The molecule has 8 heteroatoms. The van der Waals surface area contributed by atoms with Gasteiger partial charge in [-0.05, 0) is 19.1 Å². The number of hydrazone groups is 1. The molecule has 1 atom stereocenters. The second-order valence-corrected chi connectivity index (χ2v) is 4.87. The van der Waals surface area contributed by atoms with E-state index in [1.165, 1.54) is 11.9 Å². The van der Waals surface area contributed by atoms with Gasteiger partial charge < -0.3 is 4.55 Å². The Morgan fingerprint density at radius 1 is 1.28 bits per heavy atom. The van der Waals surface area contributed by atoms with Crippen LogP contribution < -0.4 is 34.6 Å². The number of ketones is 1. The molecule has 6 nitrogen and oxygen atoms in total. The molecule has 0 aromatic heterocycles. The molecule has 0 N–H and O–H groups in total. The molecule has 1 aromatic carbocycles. The zero-order chi connectivity index (χ0) is 12.6. The third kappa shape index (κ3) is 2.81. The Labute approximate surface area is 127 Å². The summed E-state index contributed by atoms with van der Waals surface area (Å²) in [5, 5.41) is 3.90. The Hall–Kier alpha value is -0.730. The van der Waals surface area contributed by atoms with Crippen LogP contribution in [-0.4, -0.2) is 29.8 Å². The normalized spacial score (nSPS) is 19.4. The molecule has 2 rings (SSSR count). The molecule has 0 bridgehead atoms. The van der Waals surface area contributed by atoms with Crippen molar-refractivity contribution in [3.05, 3.63) is 30.3 Å². The van der Waals surface area contributed by atoms with Crippen LogP contribution in [0.3, 0.4) is 0 Å². The van der Waals surface area contributed by atoms with E-state index in [9.17, 15) is 17.8 Å². The van der Waals surface area contributed by atoms with Crippen LogP contribution in [0.5, 0.6) is 0 Å². The van der Waals surface area contributed by atoms with Gasteiger partial charge in [0.2, 0.25) is 10.8 Å². The van der Waals surface area contributed by atoms with E-state index >= 15 is 0 Å². The molecule has 0 amide bonds. The number of rotatable bonds is 1. The van der Waals surface area contributed by atoms with Gasteiger partial charge in [0, 0.05) is 0 Å². The van der Waals surface area contributed by atoms with Crippen molar-refractivity contribution in [2.24, 2.45) is 5.10 Å². The van der Waals surface area contributed by atoms with Crippen molar-refractivity contribution in [2.45, 2.75) is 13.0 Å². The summed E-state index contributed by atoms with van der Waals surface area (Å²) in [6.07, 6.45) is 0. The maximum atomic E-state index is 11.6. The number of hydrogen-bond donors (Lipinski definition) is 0. The molecule has 1 aliphatic heterocycles. The Bertz CT molecular complexity index is 585. The molecule has 0 spiro atoms. The molecular weight excluding hydrogens is 267 g/mol. The summed E-state index contributed by atoms with van der Waals surface area (Å²) in [5.41, 5.74) is 0.562. The Morgan fingerprint density at radius 3 is 2.28 bits per heavy atom. The first-order chi connectivity index (χ1) is 7.91. The Kier molecular flexibility index (Phi) is 4.68. The predicted molar refractivity (Wildman–Crippen MR) is 60.5 cm³/mol. The van der Waals surface area contributed by atoms with Crippen LogP contribution in [-0.2, 0) is 14.9 Å². The number of para-hydroxylation sites is 1. The molecule has 90 valence electrons. The summed E-state index contributed by atoms with van der Waals surface area (Å²) in [7, 11) is -4.82. The van der Waals surface area contributed by atoms with Gasteiger partial charge in [-0.1, -0.05) is 18.2 Å². The van der Waals surface area contributed by atoms with Gasteiger partial charge >= 0.3 is 29.6 Å². The van der Waals surface area contributed by atoms with Crippen LogP contribution in [0.2, 0.25) is 0 Å². The van der Waals surface area contributed by atoms with Gasteiger partial charge in [-0.15, -0.1) is 0 Å². The first-order valence-electron chi connectivity index (χ1n) is 4.84. The fraction of sp³-hybridized carbons (Fsp3) is 0.200. The number of carbonyl (C=O) groups excluding carboxylic acids is 1. The maximum Gasteiger partial charge on any atom is 1.00 e. The average molecular weight is 276 g/mol. The number of anilines is 1. The molecular formula is C10H9N2NaO4S. The van der Waals surface area contributed by atoms with E-state index in [0.29, 0.717) is 5.69 Å². The molecule has 1 aromatic rings. The van der Waals surface area contributed by atoms with Gasteiger partial charge in [-0.2, -0.15) is 5.10 Å². The van der Waals surface area contributed by atoms with Crippen molar-refractivity contribution >= 4 is 26.6 Å². The molecule has 1 aliphatic rings. The van der Waals surface area contributed by atoms with Crippen LogP contribution in [0.15, 0.2) is 35.4 Å². The summed E-state index contributed by atoms with van der Waals surface area (Å²) in [4.78, 5) is 11.6. The first-order valence-corrected chi connectivity index (χ1v) is 6.25. The zero-order valence-corrected chi connectivity index (χ0v) is 12.7. The zero-order valence-electron chi connectivity index (χ0n) is 9.90. The second-order valence-electron chi connectivity index (χ2n) is 3.58. The van der Waals surface area contributed by atoms with E-state index in [0.717, 1.165) is 0 Å². The summed E-state index contributed by atoms with van der Waals surface area (Å²) in [5.74, 6) is -0.774. The molecule has 18 heavy (non-hydrogen) atoms. The SMILES string of the molecule is CC1C(=O)C(S(=O)(=O)[O-])=NN1c1ccccc1.[Na+]. The molecule has 1 heterocycles.